The average Bonchev–Trinajstić information content (AvgIpc) is 2.49. The van der Waals surface area contributed by atoms with Crippen LogP contribution < -0.4 is 11.1 Å². The second-order valence-electron chi connectivity index (χ2n) is 4.58. The highest BCUT2D eigenvalue weighted by Gasteiger charge is 2.18. The van der Waals surface area contributed by atoms with Gasteiger partial charge in [-0.05, 0) is 16.7 Å². The lowest BCUT2D eigenvalue weighted by Gasteiger charge is -2.15. The molecule has 0 aliphatic rings. The van der Waals surface area contributed by atoms with Gasteiger partial charge in [-0.3, -0.25) is 10.1 Å². The number of rotatable bonds is 6. The average molecular weight is 270 g/mol. The van der Waals surface area contributed by atoms with E-state index in [1.165, 1.54) is 0 Å². The van der Waals surface area contributed by atoms with Gasteiger partial charge in [0.1, 0.15) is 6.04 Å². The summed E-state index contributed by atoms with van der Waals surface area (Å²) in [6, 6.07) is 16.3. The topological polar surface area (TPSA) is 75.3 Å². The van der Waals surface area contributed by atoms with Gasteiger partial charge in [0.2, 0.25) is 0 Å². The largest absolute Gasteiger partial charge is 0.480 e. The third kappa shape index (κ3) is 3.66. The minimum absolute atomic E-state index is 0.497. The highest BCUT2D eigenvalue weighted by atomic mass is 16.4. The fourth-order valence-electron chi connectivity index (χ4n) is 2.01. The van der Waals surface area contributed by atoms with E-state index in [2.05, 4.69) is 5.32 Å². The van der Waals surface area contributed by atoms with Crippen molar-refractivity contribution in [2.75, 3.05) is 0 Å². The van der Waals surface area contributed by atoms with Gasteiger partial charge in [0.05, 0.1) is 0 Å². The molecular weight excluding hydrogens is 252 g/mol. The summed E-state index contributed by atoms with van der Waals surface area (Å²) in [6.07, 6.45) is 0. The molecule has 0 aliphatic heterocycles. The quantitative estimate of drug-likeness (QED) is 0.751. The number of carboxylic acid groups (broad SMARTS) is 1. The molecule has 1 atom stereocenters. The summed E-state index contributed by atoms with van der Waals surface area (Å²) in [6.45, 7) is 1.01. The van der Waals surface area contributed by atoms with Crippen LogP contribution in [0.1, 0.15) is 22.7 Å². The Bertz CT molecular complexity index is 552. The monoisotopic (exact) mass is 270 g/mol. The molecule has 4 N–H and O–H groups in total. The second kappa shape index (κ2) is 6.84. The maximum Gasteiger partial charge on any atom is 0.325 e. The molecule has 4 nitrogen and oxygen atoms in total. The first-order valence-corrected chi connectivity index (χ1v) is 6.49. The Balaban J connectivity index is 2.04. The molecule has 20 heavy (non-hydrogen) atoms. The van der Waals surface area contributed by atoms with Crippen LogP contribution in [0.3, 0.4) is 0 Å². The Kier molecular flexibility index (Phi) is 4.87. The molecule has 0 fully saturated rings. The van der Waals surface area contributed by atoms with Crippen LogP contribution >= 0.6 is 0 Å². The standard InChI is InChI=1S/C16H18N2O2/c17-10-12-6-8-13(9-7-12)11-18-15(16(19)20)14-4-2-1-3-5-14/h1-9,15,18H,10-11,17H2,(H,19,20)/t15-/m0/s1. The molecule has 0 radical (unpaired) electrons. The van der Waals surface area contributed by atoms with E-state index < -0.39 is 12.0 Å². The van der Waals surface area contributed by atoms with E-state index in [1.807, 2.05) is 54.6 Å². The zero-order valence-corrected chi connectivity index (χ0v) is 11.1. The molecule has 2 aromatic rings. The van der Waals surface area contributed by atoms with Crippen molar-refractivity contribution in [2.24, 2.45) is 5.73 Å². The fraction of sp³-hybridized carbons (Fsp3) is 0.188. The third-order valence-electron chi connectivity index (χ3n) is 3.15. The Morgan fingerprint density at radius 3 is 2.20 bits per heavy atom. The maximum atomic E-state index is 11.3. The number of carbonyl (C=O) groups is 1. The van der Waals surface area contributed by atoms with E-state index in [9.17, 15) is 9.90 Å². The minimum atomic E-state index is -0.880. The van der Waals surface area contributed by atoms with Crippen LogP contribution in [-0.2, 0) is 17.9 Å². The van der Waals surface area contributed by atoms with Gasteiger partial charge in [-0.15, -0.1) is 0 Å². The zero-order valence-electron chi connectivity index (χ0n) is 11.1. The van der Waals surface area contributed by atoms with Crippen LogP contribution in [0.5, 0.6) is 0 Å². The van der Waals surface area contributed by atoms with Gasteiger partial charge in [0.15, 0.2) is 0 Å². The maximum absolute atomic E-state index is 11.3. The van der Waals surface area contributed by atoms with Gasteiger partial charge in [-0.2, -0.15) is 0 Å². The summed E-state index contributed by atoms with van der Waals surface area (Å²) in [5.41, 5.74) is 8.39. The Morgan fingerprint density at radius 1 is 1.05 bits per heavy atom. The number of aliphatic carboxylic acids is 1. The van der Waals surface area contributed by atoms with Crippen molar-refractivity contribution >= 4 is 5.97 Å². The molecule has 0 heterocycles. The van der Waals surface area contributed by atoms with E-state index in [4.69, 9.17) is 5.73 Å². The molecule has 104 valence electrons. The van der Waals surface area contributed by atoms with E-state index in [-0.39, 0.29) is 0 Å². The summed E-state index contributed by atoms with van der Waals surface area (Å²) in [5, 5.41) is 12.4. The number of carboxylic acids is 1. The number of nitrogens with one attached hydrogen (secondary N) is 1. The van der Waals surface area contributed by atoms with Crippen molar-refractivity contribution in [3.63, 3.8) is 0 Å². The van der Waals surface area contributed by atoms with Crippen LogP contribution in [0.25, 0.3) is 0 Å². The first-order chi connectivity index (χ1) is 9.70. The van der Waals surface area contributed by atoms with Crippen LogP contribution in [0.2, 0.25) is 0 Å². The summed E-state index contributed by atoms with van der Waals surface area (Å²) in [7, 11) is 0. The van der Waals surface area contributed by atoms with Crippen molar-refractivity contribution in [1.82, 2.24) is 5.32 Å². The van der Waals surface area contributed by atoms with Crippen LogP contribution in [0.4, 0.5) is 0 Å². The van der Waals surface area contributed by atoms with E-state index in [1.54, 1.807) is 0 Å². The van der Waals surface area contributed by atoms with Crippen molar-refractivity contribution < 1.29 is 9.90 Å². The van der Waals surface area contributed by atoms with Gasteiger partial charge in [0, 0.05) is 13.1 Å². The summed E-state index contributed by atoms with van der Waals surface area (Å²) < 4.78 is 0. The molecule has 2 aromatic carbocycles. The van der Waals surface area contributed by atoms with Crippen LogP contribution in [0.15, 0.2) is 54.6 Å². The molecule has 0 aromatic heterocycles. The normalized spacial score (nSPS) is 12.1. The number of hydrogen-bond donors (Lipinski definition) is 3. The third-order valence-corrected chi connectivity index (χ3v) is 3.15. The predicted molar refractivity (Wildman–Crippen MR) is 78.0 cm³/mol. The summed E-state index contributed by atoms with van der Waals surface area (Å²) in [5.74, 6) is -0.880. The second-order valence-corrected chi connectivity index (χ2v) is 4.58. The van der Waals surface area contributed by atoms with Gasteiger partial charge in [-0.25, -0.2) is 0 Å². The van der Waals surface area contributed by atoms with E-state index in [0.717, 1.165) is 16.7 Å². The van der Waals surface area contributed by atoms with E-state index >= 15 is 0 Å². The van der Waals surface area contributed by atoms with Crippen LogP contribution in [-0.4, -0.2) is 11.1 Å². The van der Waals surface area contributed by atoms with Crippen molar-refractivity contribution in [3.05, 3.63) is 71.3 Å². The Morgan fingerprint density at radius 2 is 1.65 bits per heavy atom. The lowest BCUT2D eigenvalue weighted by atomic mass is 10.1. The first kappa shape index (κ1) is 14.2. The predicted octanol–water partition coefficient (Wildman–Crippen LogP) is 2.06. The lowest BCUT2D eigenvalue weighted by Crippen LogP contribution is -2.28. The highest BCUT2D eigenvalue weighted by molar-refractivity contribution is 5.75. The molecule has 0 bridgehead atoms. The molecule has 0 amide bonds. The van der Waals surface area contributed by atoms with Crippen molar-refractivity contribution in [1.29, 1.82) is 0 Å². The van der Waals surface area contributed by atoms with Gasteiger partial charge in [0.25, 0.3) is 0 Å². The van der Waals surface area contributed by atoms with E-state index in [0.29, 0.717) is 13.1 Å². The lowest BCUT2D eigenvalue weighted by molar-refractivity contribution is -0.139. The van der Waals surface area contributed by atoms with Crippen LogP contribution in [0, 0.1) is 0 Å². The summed E-state index contributed by atoms with van der Waals surface area (Å²) >= 11 is 0. The number of hydrogen-bond acceptors (Lipinski definition) is 3. The molecule has 0 aliphatic carbocycles. The number of nitrogens with two attached hydrogens (primary N) is 1. The molecule has 0 saturated heterocycles. The SMILES string of the molecule is NCc1ccc(CN[C@H](C(=O)O)c2ccccc2)cc1. The van der Waals surface area contributed by atoms with Gasteiger partial charge < -0.3 is 10.8 Å². The summed E-state index contributed by atoms with van der Waals surface area (Å²) in [4.78, 5) is 11.3. The fourth-order valence-corrected chi connectivity index (χ4v) is 2.01. The molecule has 0 unspecified atom stereocenters. The Labute approximate surface area is 118 Å². The zero-order chi connectivity index (χ0) is 14.4. The van der Waals surface area contributed by atoms with Crippen molar-refractivity contribution in [3.8, 4) is 0 Å². The molecule has 2 rings (SSSR count). The van der Waals surface area contributed by atoms with Gasteiger partial charge in [-0.1, -0.05) is 54.6 Å². The molecule has 0 saturated carbocycles. The highest BCUT2D eigenvalue weighted by Crippen LogP contribution is 2.14. The Hall–Kier alpha value is -2.17. The van der Waals surface area contributed by atoms with Crippen molar-refractivity contribution in [2.45, 2.75) is 19.1 Å². The smallest absolute Gasteiger partial charge is 0.325 e. The molecule has 0 spiro atoms. The molecule has 4 heteroatoms. The first-order valence-electron chi connectivity index (χ1n) is 6.49. The minimum Gasteiger partial charge on any atom is -0.480 e. The molecular formula is C16H18N2O2. The van der Waals surface area contributed by atoms with Gasteiger partial charge >= 0.3 is 5.97 Å². The number of benzene rings is 2.